The summed E-state index contributed by atoms with van der Waals surface area (Å²) in [6.07, 6.45) is 0. The molecular weight excluding hydrogens is 570 g/mol. The topological polar surface area (TPSA) is 74.2 Å². The highest BCUT2D eigenvalue weighted by Gasteiger charge is 2.58. The Morgan fingerprint density at radius 3 is 1.55 bits per heavy atom. The number of hydrogen-bond donors (Lipinski definition) is 0. The molecule has 0 saturated heterocycles. The summed E-state index contributed by atoms with van der Waals surface area (Å²) in [4.78, 5) is 45.4. The van der Waals surface area contributed by atoms with E-state index in [0.29, 0.717) is 34.0 Å². The molecule has 0 N–H and O–H groups in total. The van der Waals surface area contributed by atoms with E-state index in [0.717, 1.165) is 4.47 Å². The molecule has 0 fully saturated rings. The van der Waals surface area contributed by atoms with Crippen molar-refractivity contribution < 1.29 is 4.79 Å². The Morgan fingerprint density at radius 2 is 1.10 bits per heavy atom. The van der Waals surface area contributed by atoms with E-state index in [-0.39, 0.29) is 28.2 Å². The van der Waals surface area contributed by atoms with Gasteiger partial charge in [-0.15, -0.1) is 0 Å². The molecule has 6 rings (SSSR count). The van der Waals surface area contributed by atoms with Gasteiger partial charge in [0.25, 0.3) is 11.1 Å². The average molecular weight is 599 g/mol. The number of hydrogen-bond acceptors (Lipinski definition) is 3. The van der Waals surface area contributed by atoms with Crippen molar-refractivity contribution in [3.8, 4) is 11.4 Å². The Bertz CT molecular complexity index is 1830. The van der Waals surface area contributed by atoms with Crippen molar-refractivity contribution in [2.24, 2.45) is 14.1 Å². The highest BCUT2D eigenvalue weighted by molar-refractivity contribution is 9.10. The van der Waals surface area contributed by atoms with Crippen LogP contribution in [0.1, 0.15) is 28.1 Å². The first-order chi connectivity index (χ1) is 19.1. The maximum absolute atomic E-state index is 14.7. The van der Waals surface area contributed by atoms with Crippen LogP contribution >= 0.6 is 15.9 Å². The van der Waals surface area contributed by atoms with Crippen molar-refractivity contribution in [2.75, 3.05) is 11.9 Å². The van der Waals surface area contributed by atoms with E-state index in [1.165, 1.54) is 0 Å². The van der Waals surface area contributed by atoms with E-state index in [4.69, 9.17) is 0 Å². The Balaban J connectivity index is 1.82. The first-order valence-electron chi connectivity index (χ1n) is 12.9. The molecule has 0 radical (unpaired) electrons. The van der Waals surface area contributed by atoms with Gasteiger partial charge in [0.1, 0.15) is 5.41 Å². The number of carbonyl (C=O) groups is 1. The SMILES string of the molecule is Cc1c(C2(c3c(C)n(C)n(-c4ccccc4)c3=O)C(=O)N(C)c3ccc(Br)cc32)c(=O)n(-c2ccccc2)n1C. The monoisotopic (exact) mass is 597 g/mol. The largest absolute Gasteiger partial charge is 0.314 e. The predicted molar refractivity (Wildman–Crippen MR) is 159 cm³/mol. The number of amides is 1. The molecule has 0 atom stereocenters. The Morgan fingerprint density at radius 1 is 0.650 bits per heavy atom. The van der Waals surface area contributed by atoms with Crippen LogP contribution in [0.3, 0.4) is 0 Å². The van der Waals surface area contributed by atoms with Crippen molar-refractivity contribution in [3.05, 3.63) is 132 Å². The van der Waals surface area contributed by atoms with E-state index >= 15 is 0 Å². The zero-order valence-electron chi connectivity index (χ0n) is 22.8. The first-order valence-corrected chi connectivity index (χ1v) is 13.7. The second kappa shape index (κ2) is 9.09. The molecular formula is C31H28BrN5O3. The minimum absolute atomic E-state index is 0.263. The maximum atomic E-state index is 14.7. The molecule has 40 heavy (non-hydrogen) atoms. The predicted octanol–water partition coefficient (Wildman–Crippen LogP) is 4.36. The lowest BCUT2D eigenvalue weighted by Crippen LogP contribution is -2.47. The van der Waals surface area contributed by atoms with Crippen LogP contribution in [0, 0.1) is 13.8 Å². The number of benzene rings is 3. The summed E-state index contributed by atoms with van der Waals surface area (Å²) in [6, 6.07) is 24.2. The van der Waals surface area contributed by atoms with Gasteiger partial charge in [-0.3, -0.25) is 23.7 Å². The van der Waals surface area contributed by atoms with Gasteiger partial charge in [-0.05, 0) is 56.3 Å². The number of nitrogens with zero attached hydrogens (tertiary/aromatic N) is 5. The highest BCUT2D eigenvalue weighted by atomic mass is 79.9. The Hall–Kier alpha value is -4.37. The Kier molecular flexibility index (Phi) is 5.88. The molecule has 0 aliphatic carbocycles. The average Bonchev–Trinajstić information content (AvgIpc) is 3.41. The third kappa shape index (κ3) is 3.27. The van der Waals surface area contributed by atoms with Gasteiger partial charge in [0, 0.05) is 48.3 Å². The molecule has 0 saturated carbocycles. The van der Waals surface area contributed by atoms with Crippen LogP contribution < -0.4 is 16.0 Å². The van der Waals surface area contributed by atoms with Crippen molar-refractivity contribution in [1.82, 2.24) is 18.7 Å². The number of rotatable bonds is 4. The fourth-order valence-electron chi connectivity index (χ4n) is 6.19. The van der Waals surface area contributed by atoms with E-state index in [1.807, 2.05) is 92.7 Å². The van der Waals surface area contributed by atoms with Crippen molar-refractivity contribution in [2.45, 2.75) is 19.3 Å². The van der Waals surface area contributed by atoms with Crippen molar-refractivity contribution in [3.63, 3.8) is 0 Å². The highest BCUT2D eigenvalue weighted by Crippen LogP contribution is 2.50. The van der Waals surface area contributed by atoms with Gasteiger partial charge < -0.3 is 4.90 Å². The minimum Gasteiger partial charge on any atom is -0.314 e. The molecule has 1 aliphatic rings. The number of para-hydroxylation sites is 2. The number of halogens is 1. The second-order valence-corrected chi connectivity index (χ2v) is 11.1. The van der Waals surface area contributed by atoms with Gasteiger partial charge in [-0.1, -0.05) is 52.3 Å². The van der Waals surface area contributed by atoms with Gasteiger partial charge in [0.15, 0.2) is 0 Å². The van der Waals surface area contributed by atoms with Gasteiger partial charge in [0.2, 0.25) is 5.91 Å². The van der Waals surface area contributed by atoms with Crippen LogP contribution in [0.25, 0.3) is 11.4 Å². The summed E-state index contributed by atoms with van der Waals surface area (Å²) in [5.74, 6) is -0.349. The minimum atomic E-state index is -1.67. The lowest BCUT2D eigenvalue weighted by molar-refractivity contribution is -0.120. The van der Waals surface area contributed by atoms with Crippen LogP contribution in [-0.4, -0.2) is 31.7 Å². The zero-order chi connectivity index (χ0) is 28.5. The lowest BCUT2D eigenvalue weighted by Gasteiger charge is -2.27. The summed E-state index contributed by atoms with van der Waals surface area (Å²) in [5.41, 5.74) is 1.91. The molecule has 1 aliphatic heterocycles. The van der Waals surface area contributed by atoms with E-state index in [2.05, 4.69) is 15.9 Å². The fraction of sp³-hybridized carbons (Fsp3) is 0.194. The summed E-state index contributed by atoms with van der Waals surface area (Å²) in [7, 11) is 5.29. The number of anilines is 1. The third-order valence-electron chi connectivity index (χ3n) is 8.21. The standard InChI is InChI=1S/C31H28BrN5O3/c1-19-26(28(38)36(34(19)4)22-12-8-6-9-13-22)31(24-18-21(32)16-17-25(24)33(3)30(31)40)27-20(2)35(5)37(29(27)39)23-14-10-7-11-15-23/h6-18H,1-5H3. The summed E-state index contributed by atoms with van der Waals surface area (Å²) < 4.78 is 7.37. The molecule has 1 amide bonds. The smallest absolute Gasteiger partial charge is 0.276 e. The molecule has 0 spiro atoms. The van der Waals surface area contributed by atoms with Gasteiger partial charge in [-0.2, -0.15) is 0 Å². The third-order valence-corrected chi connectivity index (χ3v) is 8.70. The molecule has 8 nitrogen and oxygen atoms in total. The van der Waals surface area contributed by atoms with Crippen molar-refractivity contribution >= 4 is 27.5 Å². The fourth-order valence-corrected chi connectivity index (χ4v) is 6.55. The van der Waals surface area contributed by atoms with Crippen LogP contribution in [0.15, 0.2) is 92.9 Å². The Labute approximate surface area is 239 Å². The van der Waals surface area contributed by atoms with Crippen LogP contribution in [0.2, 0.25) is 0 Å². The number of likely N-dealkylation sites (N-methyl/N-ethyl adjacent to an activating group) is 1. The molecule has 0 unspecified atom stereocenters. The first kappa shape index (κ1) is 25.9. The zero-order valence-corrected chi connectivity index (χ0v) is 24.4. The maximum Gasteiger partial charge on any atom is 0.276 e. The van der Waals surface area contributed by atoms with E-state index in [9.17, 15) is 14.4 Å². The van der Waals surface area contributed by atoms with Crippen LogP contribution in [0.4, 0.5) is 5.69 Å². The normalized spacial score (nSPS) is 14.2. The van der Waals surface area contributed by atoms with E-state index < -0.39 is 5.41 Å². The molecule has 0 bridgehead atoms. The second-order valence-electron chi connectivity index (χ2n) is 10.1. The quantitative estimate of drug-likeness (QED) is 0.309. The summed E-state index contributed by atoms with van der Waals surface area (Å²) in [6.45, 7) is 3.66. The number of fused-ring (bicyclic) bond motifs is 1. The molecule has 2 aromatic heterocycles. The lowest BCUT2D eigenvalue weighted by atomic mass is 9.70. The molecule has 9 heteroatoms. The van der Waals surface area contributed by atoms with Crippen LogP contribution in [0.5, 0.6) is 0 Å². The van der Waals surface area contributed by atoms with Crippen LogP contribution in [-0.2, 0) is 24.3 Å². The van der Waals surface area contributed by atoms with Gasteiger partial charge in [0.05, 0.1) is 22.5 Å². The molecule has 202 valence electrons. The molecule has 3 aromatic carbocycles. The summed E-state index contributed by atoms with van der Waals surface area (Å²) in [5, 5.41) is 0. The van der Waals surface area contributed by atoms with E-state index in [1.54, 1.807) is 44.8 Å². The number of aromatic nitrogens is 4. The van der Waals surface area contributed by atoms with Gasteiger partial charge >= 0.3 is 0 Å². The van der Waals surface area contributed by atoms with Crippen molar-refractivity contribution in [1.29, 1.82) is 0 Å². The summed E-state index contributed by atoms with van der Waals surface area (Å²) >= 11 is 3.58. The number of carbonyl (C=O) groups excluding carboxylic acids is 1. The molecule has 3 heterocycles. The molecule has 5 aromatic rings. The van der Waals surface area contributed by atoms with Gasteiger partial charge in [-0.25, -0.2) is 9.36 Å².